The summed E-state index contributed by atoms with van der Waals surface area (Å²) in [5.41, 5.74) is 6.71. The van der Waals surface area contributed by atoms with E-state index in [1.54, 1.807) is 6.33 Å². The lowest BCUT2D eigenvalue weighted by molar-refractivity contribution is 0.395. The van der Waals surface area contributed by atoms with E-state index in [-0.39, 0.29) is 0 Å². The quantitative estimate of drug-likeness (QED) is 0.914. The molecule has 2 aromatic rings. The molecule has 0 saturated carbocycles. The second kappa shape index (κ2) is 5.53. The van der Waals surface area contributed by atoms with Crippen molar-refractivity contribution < 1.29 is 0 Å². The summed E-state index contributed by atoms with van der Waals surface area (Å²) >= 11 is 0. The second-order valence-corrected chi connectivity index (χ2v) is 5.25. The zero-order valence-electron chi connectivity index (χ0n) is 11.1. The van der Waals surface area contributed by atoms with Crippen molar-refractivity contribution in [3.63, 3.8) is 0 Å². The van der Waals surface area contributed by atoms with Crippen molar-refractivity contribution >= 4 is 16.7 Å². The van der Waals surface area contributed by atoms with Gasteiger partial charge in [-0.1, -0.05) is 12.1 Å². The van der Waals surface area contributed by atoms with E-state index in [4.69, 9.17) is 5.73 Å². The van der Waals surface area contributed by atoms with Gasteiger partial charge in [-0.15, -0.1) is 0 Å². The Bertz CT molecular complexity index is 547. The van der Waals surface area contributed by atoms with Crippen LogP contribution in [0.25, 0.3) is 10.9 Å². The fraction of sp³-hybridized carbons (Fsp3) is 0.467. The minimum absolute atomic E-state index is 0.701. The summed E-state index contributed by atoms with van der Waals surface area (Å²) in [5, 5.41) is 1.15. The third-order valence-corrected chi connectivity index (χ3v) is 3.92. The topological polar surface area (TPSA) is 55.0 Å². The first-order chi connectivity index (χ1) is 9.38. The van der Waals surface area contributed by atoms with Gasteiger partial charge in [0.05, 0.1) is 5.52 Å². The van der Waals surface area contributed by atoms with Crippen molar-refractivity contribution in [2.45, 2.75) is 19.3 Å². The lowest BCUT2D eigenvalue weighted by Crippen LogP contribution is -2.36. The highest BCUT2D eigenvalue weighted by Crippen LogP contribution is 2.28. The molecule has 2 heterocycles. The van der Waals surface area contributed by atoms with Gasteiger partial charge in [0.1, 0.15) is 12.1 Å². The maximum atomic E-state index is 5.69. The van der Waals surface area contributed by atoms with Gasteiger partial charge < -0.3 is 10.6 Å². The molecule has 0 spiro atoms. The summed E-state index contributed by atoms with van der Waals surface area (Å²) in [6.07, 6.45) is 5.30. The van der Waals surface area contributed by atoms with Crippen LogP contribution in [0.1, 0.15) is 19.3 Å². The number of hydrogen-bond donors (Lipinski definition) is 1. The maximum absolute atomic E-state index is 5.69. The first kappa shape index (κ1) is 12.4. The molecule has 1 aromatic carbocycles. The van der Waals surface area contributed by atoms with Gasteiger partial charge in [-0.3, -0.25) is 0 Å². The molecule has 4 heteroatoms. The zero-order valence-corrected chi connectivity index (χ0v) is 11.1. The number of benzene rings is 1. The predicted molar refractivity (Wildman–Crippen MR) is 78.1 cm³/mol. The van der Waals surface area contributed by atoms with E-state index in [1.165, 1.54) is 12.8 Å². The largest absolute Gasteiger partial charge is 0.356 e. The van der Waals surface area contributed by atoms with Crippen LogP contribution in [-0.4, -0.2) is 29.6 Å². The van der Waals surface area contributed by atoms with Crippen LogP contribution in [0.2, 0.25) is 0 Å². The van der Waals surface area contributed by atoms with Crippen LogP contribution < -0.4 is 10.6 Å². The Morgan fingerprint density at radius 2 is 2.16 bits per heavy atom. The van der Waals surface area contributed by atoms with Crippen molar-refractivity contribution in [2.24, 2.45) is 11.7 Å². The van der Waals surface area contributed by atoms with Crippen LogP contribution in [-0.2, 0) is 0 Å². The van der Waals surface area contributed by atoms with Crippen LogP contribution in [0.3, 0.4) is 0 Å². The normalized spacial score (nSPS) is 19.8. The summed E-state index contributed by atoms with van der Waals surface area (Å²) in [7, 11) is 0. The Morgan fingerprint density at radius 1 is 1.26 bits per heavy atom. The number of anilines is 1. The molecular formula is C15H20N4. The summed E-state index contributed by atoms with van der Waals surface area (Å²) in [6, 6.07) is 8.22. The molecule has 19 heavy (non-hydrogen) atoms. The number of rotatable bonds is 3. The van der Waals surface area contributed by atoms with Crippen molar-refractivity contribution in [3.8, 4) is 0 Å². The molecule has 1 saturated heterocycles. The number of nitrogens with zero attached hydrogens (tertiary/aromatic N) is 3. The number of piperidine rings is 1. The number of hydrogen-bond acceptors (Lipinski definition) is 4. The Kier molecular flexibility index (Phi) is 3.60. The number of aromatic nitrogens is 2. The van der Waals surface area contributed by atoms with Gasteiger partial charge in [-0.2, -0.15) is 0 Å². The van der Waals surface area contributed by atoms with E-state index >= 15 is 0 Å². The van der Waals surface area contributed by atoms with Gasteiger partial charge in [-0.05, 0) is 43.9 Å². The minimum atomic E-state index is 0.701. The average Bonchev–Trinajstić information content (AvgIpc) is 2.47. The number of fused-ring (bicyclic) bond motifs is 1. The van der Waals surface area contributed by atoms with Gasteiger partial charge in [0.25, 0.3) is 0 Å². The second-order valence-electron chi connectivity index (χ2n) is 5.25. The van der Waals surface area contributed by atoms with Crippen LogP contribution in [0, 0.1) is 5.92 Å². The molecule has 1 aromatic heterocycles. The Labute approximate surface area is 113 Å². The van der Waals surface area contributed by atoms with E-state index in [0.29, 0.717) is 5.92 Å². The summed E-state index contributed by atoms with van der Waals surface area (Å²) in [4.78, 5) is 11.2. The Morgan fingerprint density at radius 3 is 3.05 bits per heavy atom. The smallest absolute Gasteiger partial charge is 0.139 e. The predicted octanol–water partition coefficient (Wildman–Crippen LogP) is 2.19. The van der Waals surface area contributed by atoms with Crippen LogP contribution in [0.5, 0.6) is 0 Å². The summed E-state index contributed by atoms with van der Waals surface area (Å²) in [5.74, 6) is 1.78. The highest BCUT2D eigenvalue weighted by atomic mass is 15.2. The molecule has 0 aliphatic carbocycles. The minimum Gasteiger partial charge on any atom is -0.356 e. The van der Waals surface area contributed by atoms with E-state index in [0.717, 1.165) is 42.8 Å². The van der Waals surface area contributed by atoms with Gasteiger partial charge in [0, 0.05) is 18.5 Å². The Hall–Kier alpha value is -1.68. The third-order valence-electron chi connectivity index (χ3n) is 3.92. The Balaban J connectivity index is 1.91. The molecule has 1 aliphatic rings. The van der Waals surface area contributed by atoms with Crippen molar-refractivity contribution in [3.05, 3.63) is 30.6 Å². The van der Waals surface area contributed by atoms with Gasteiger partial charge in [0.2, 0.25) is 0 Å². The molecule has 100 valence electrons. The van der Waals surface area contributed by atoms with E-state index in [9.17, 15) is 0 Å². The van der Waals surface area contributed by atoms with Crippen LogP contribution in [0.15, 0.2) is 30.6 Å². The molecule has 1 fully saturated rings. The zero-order chi connectivity index (χ0) is 13.1. The molecule has 3 rings (SSSR count). The van der Waals surface area contributed by atoms with Crippen LogP contribution in [0.4, 0.5) is 5.82 Å². The average molecular weight is 256 g/mol. The highest BCUT2D eigenvalue weighted by molar-refractivity contribution is 5.89. The van der Waals surface area contributed by atoms with Gasteiger partial charge in [-0.25, -0.2) is 9.97 Å². The monoisotopic (exact) mass is 256 g/mol. The van der Waals surface area contributed by atoms with E-state index in [1.807, 2.05) is 12.1 Å². The summed E-state index contributed by atoms with van der Waals surface area (Å²) < 4.78 is 0. The molecule has 1 aliphatic heterocycles. The number of nitrogens with two attached hydrogens (primary N) is 1. The molecule has 0 amide bonds. The molecule has 2 N–H and O–H groups in total. The standard InChI is InChI=1S/C15H20N4/c16-8-7-12-4-3-9-19(10-12)15-13-5-1-2-6-14(13)17-11-18-15/h1-2,5-6,11-12H,3-4,7-10,16H2. The van der Waals surface area contributed by atoms with Gasteiger partial charge in [0.15, 0.2) is 0 Å². The molecule has 1 unspecified atom stereocenters. The lowest BCUT2D eigenvalue weighted by atomic mass is 9.94. The van der Waals surface area contributed by atoms with Crippen LogP contribution >= 0.6 is 0 Å². The molecule has 4 nitrogen and oxygen atoms in total. The lowest BCUT2D eigenvalue weighted by Gasteiger charge is -2.34. The SMILES string of the molecule is NCCC1CCCN(c2ncnc3ccccc23)C1. The molecule has 1 atom stereocenters. The van der Waals surface area contributed by atoms with Crippen molar-refractivity contribution in [1.29, 1.82) is 0 Å². The van der Waals surface area contributed by atoms with Crippen molar-refractivity contribution in [1.82, 2.24) is 9.97 Å². The molecule has 0 radical (unpaired) electrons. The first-order valence-corrected chi connectivity index (χ1v) is 7.03. The van der Waals surface area contributed by atoms with E-state index in [2.05, 4.69) is 27.0 Å². The van der Waals surface area contributed by atoms with Gasteiger partial charge >= 0.3 is 0 Å². The molecular weight excluding hydrogens is 236 g/mol. The van der Waals surface area contributed by atoms with E-state index < -0.39 is 0 Å². The fourth-order valence-electron chi connectivity index (χ4n) is 2.97. The van der Waals surface area contributed by atoms with Crippen molar-refractivity contribution in [2.75, 3.05) is 24.5 Å². The maximum Gasteiger partial charge on any atom is 0.139 e. The third kappa shape index (κ3) is 2.54. The summed E-state index contributed by atoms with van der Waals surface area (Å²) in [6.45, 7) is 2.93. The molecule has 0 bridgehead atoms. The first-order valence-electron chi connectivity index (χ1n) is 7.03. The highest BCUT2D eigenvalue weighted by Gasteiger charge is 2.21. The number of para-hydroxylation sites is 1. The fourth-order valence-corrected chi connectivity index (χ4v) is 2.97.